The molecule has 78 valence electrons. The molecule has 0 radical (unpaired) electrons. The van der Waals surface area contributed by atoms with E-state index in [9.17, 15) is 9.59 Å². The molecular weight excluding hydrogens is 194 g/mol. The maximum Gasteiger partial charge on any atom is 0.337 e. The quantitative estimate of drug-likeness (QED) is 0.590. The second-order valence-corrected chi connectivity index (χ2v) is 2.85. The number of primary amides is 1. The molecule has 0 aliphatic rings. The van der Waals surface area contributed by atoms with Crippen LogP contribution in [0.15, 0.2) is 30.3 Å². The summed E-state index contributed by atoms with van der Waals surface area (Å²) in [7, 11) is 1.32. The molecule has 0 aliphatic heterocycles. The van der Waals surface area contributed by atoms with Crippen LogP contribution in [0.25, 0.3) is 6.08 Å². The molecule has 1 aromatic rings. The second-order valence-electron chi connectivity index (χ2n) is 2.85. The molecule has 2 N–H and O–H groups in total. The average molecular weight is 205 g/mol. The van der Waals surface area contributed by atoms with Gasteiger partial charge in [0, 0.05) is 6.08 Å². The summed E-state index contributed by atoms with van der Waals surface area (Å²) < 4.78 is 4.54. The van der Waals surface area contributed by atoms with E-state index < -0.39 is 5.91 Å². The molecule has 0 bridgehead atoms. The van der Waals surface area contributed by atoms with Crippen LogP contribution in [0.5, 0.6) is 0 Å². The Morgan fingerprint density at radius 3 is 2.33 bits per heavy atom. The third-order valence-corrected chi connectivity index (χ3v) is 1.77. The van der Waals surface area contributed by atoms with Crippen LogP contribution in [-0.2, 0) is 9.53 Å². The molecule has 0 spiro atoms. The standard InChI is InChI=1S/C11H11NO3/c1-15-11(14)9-5-2-8(3-6-9)4-7-10(12)13/h2-7H,1H3,(H2,12,13). The Morgan fingerprint density at radius 1 is 1.27 bits per heavy atom. The van der Waals surface area contributed by atoms with Gasteiger partial charge in [0.25, 0.3) is 0 Å². The van der Waals surface area contributed by atoms with E-state index in [1.165, 1.54) is 13.2 Å². The highest BCUT2D eigenvalue weighted by atomic mass is 16.5. The first-order chi connectivity index (χ1) is 7.13. The highest BCUT2D eigenvalue weighted by Crippen LogP contribution is 2.06. The first-order valence-electron chi connectivity index (χ1n) is 4.29. The molecule has 4 nitrogen and oxygen atoms in total. The van der Waals surface area contributed by atoms with Crippen LogP contribution in [0.3, 0.4) is 0 Å². The highest BCUT2D eigenvalue weighted by Gasteiger charge is 2.02. The minimum atomic E-state index is -0.507. The Morgan fingerprint density at radius 2 is 1.87 bits per heavy atom. The predicted molar refractivity (Wildman–Crippen MR) is 56.0 cm³/mol. The molecule has 0 saturated carbocycles. The fourth-order valence-electron chi connectivity index (χ4n) is 1.03. The zero-order chi connectivity index (χ0) is 11.3. The number of hydrogen-bond acceptors (Lipinski definition) is 3. The van der Waals surface area contributed by atoms with Crippen LogP contribution >= 0.6 is 0 Å². The fraction of sp³-hybridized carbons (Fsp3) is 0.0909. The van der Waals surface area contributed by atoms with Crippen LogP contribution < -0.4 is 5.73 Å². The van der Waals surface area contributed by atoms with E-state index in [4.69, 9.17) is 5.73 Å². The van der Waals surface area contributed by atoms with Crippen molar-refractivity contribution in [3.63, 3.8) is 0 Å². The van der Waals surface area contributed by atoms with Crippen LogP contribution in [0.4, 0.5) is 0 Å². The smallest absolute Gasteiger partial charge is 0.337 e. The number of esters is 1. The number of nitrogens with two attached hydrogens (primary N) is 1. The molecule has 0 unspecified atom stereocenters. The van der Waals surface area contributed by atoms with Crippen molar-refractivity contribution in [2.75, 3.05) is 7.11 Å². The van der Waals surface area contributed by atoms with Crippen molar-refractivity contribution in [1.29, 1.82) is 0 Å². The van der Waals surface area contributed by atoms with E-state index in [1.807, 2.05) is 0 Å². The number of benzene rings is 1. The van der Waals surface area contributed by atoms with Gasteiger partial charge in [-0.1, -0.05) is 12.1 Å². The summed E-state index contributed by atoms with van der Waals surface area (Å²) in [5.74, 6) is -0.896. The van der Waals surface area contributed by atoms with Crippen molar-refractivity contribution >= 4 is 18.0 Å². The van der Waals surface area contributed by atoms with Crippen LogP contribution in [-0.4, -0.2) is 19.0 Å². The van der Waals surface area contributed by atoms with Crippen LogP contribution in [0.2, 0.25) is 0 Å². The Labute approximate surface area is 87.3 Å². The maximum atomic E-state index is 11.1. The van der Waals surface area contributed by atoms with Crippen molar-refractivity contribution in [1.82, 2.24) is 0 Å². The summed E-state index contributed by atoms with van der Waals surface area (Å²) in [6.45, 7) is 0. The van der Waals surface area contributed by atoms with E-state index in [2.05, 4.69) is 4.74 Å². The van der Waals surface area contributed by atoms with Gasteiger partial charge in [-0.25, -0.2) is 4.79 Å². The molecule has 0 atom stereocenters. The van der Waals surface area contributed by atoms with Gasteiger partial charge in [-0.15, -0.1) is 0 Å². The minimum Gasteiger partial charge on any atom is -0.465 e. The van der Waals surface area contributed by atoms with E-state index in [0.717, 1.165) is 5.56 Å². The molecule has 1 aromatic carbocycles. The van der Waals surface area contributed by atoms with Crippen molar-refractivity contribution in [2.45, 2.75) is 0 Å². The van der Waals surface area contributed by atoms with Gasteiger partial charge in [-0.3, -0.25) is 4.79 Å². The molecule has 1 amide bonds. The number of rotatable bonds is 3. The van der Waals surface area contributed by atoms with Crippen LogP contribution in [0.1, 0.15) is 15.9 Å². The number of amides is 1. The van der Waals surface area contributed by atoms with Crippen molar-refractivity contribution in [3.8, 4) is 0 Å². The SMILES string of the molecule is COC(=O)c1ccc(C=CC(N)=O)cc1. The van der Waals surface area contributed by atoms with Crippen molar-refractivity contribution in [3.05, 3.63) is 41.5 Å². The van der Waals surface area contributed by atoms with Gasteiger partial charge in [0.1, 0.15) is 0 Å². The summed E-state index contributed by atoms with van der Waals surface area (Å²) in [5.41, 5.74) is 6.20. The first-order valence-corrected chi connectivity index (χ1v) is 4.29. The summed E-state index contributed by atoms with van der Waals surface area (Å²) in [6.07, 6.45) is 2.83. The zero-order valence-electron chi connectivity index (χ0n) is 8.27. The number of hydrogen-bond donors (Lipinski definition) is 1. The van der Waals surface area contributed by atoms with Gasteiger partial charge < -0.3 is 10.5 Å². The lowest BCUT2D eigenvalue weighted by molar-refractivity contribution is -0.113. The molecule has 0 aliphatic carbocycles. The molecule has 0 aromatic heterocycles. The summed E-state index contributed by atoms with van der Waals surface area (Å²) in [4.78, 5) is 21.5. The monoisotopic (exact) mass is 205 g/mol. The van der Waals surface area contributed by atoms with Gasteiger partial charge in [0.2, 0.25) is 5.91 Å². The van der Waals surface area contributed by atoms with Gasteiger partial charge in [0.15, 0.2) is 0 Å². The molecule has 15 heavy (non-hydrogen) atoms. The van der Waals surface area contributed by atoms with Gasteiger partial charge in [-0.05, 0) is 23.8 Å². The third kappa shape index (κ3) is 3.27. The summed E-state index contributed by atoms with van der Waals surface area (Å²) >= 11 is 0. The van der Waals surface area contributed by atoms with E-state index >= 15 is 0 Å². The summed E-state index contributed by atoms with van der Waals surface area (Å²) in [6, 6.07) is 6.64. The second kappa shape index (κ2) is 4.95. The lowest BCUT2D eigenvalue weighted by atomic mass is 10.1. The predicted octanol–water partition coefficient (Wildman–Crippen LogP) is 0.972. The highest BCUT2D eigenvalue weighted by molar-refractivity contribution is 5.91. The third-order valence-electron chi connectivity index (χ3n) is 1.77. The minimum absolute atomic E-state index is 0.388. The van der Waals surface area contributed by atoms with Crippen LogP contribution in [0, 0.1) is 0 Å². The molecule has 0 saturated heterocycles. The number of ether oxygens (including phenoxy) is 1. The number of carbonyl (C=O) groups is 2. The van der Waals surface area contributed by atoms with Crippen molar-refractivity contribution in [2.24, 2.45) is 5.73 Å². The lowest BCUT2D eigenvalue weighted by Gasteiger charge is -1.98. The van der Waals surface area contributed by atoms with E-state index in [-0.39, 0.29) is 5.97 Å². The first kappa shape index (κ1) is 11.0. The van der Waals surface area contributed by atoms with Crippen molar-refractivity contribution < 1.29 is 14.3 Å². The van der Waals surface area contributed by atoms with Gasteiger partial charge >= 0.3 is 5.97 Å². The molecule has 4 heteroatoms. The Hall–Kier alpha value is -2.10. The zero-order valence-corrected chi connectivity index (χ0v) is 8.27. The lowest BCUT2D eigenvalue weighted by Crippen LogP contribution is -2.05. The summed E-state index contributed by atoms with van der Waals surface area (Å²) in [5, 5.41) is 0. The number of methoxy groups -OCH3 is 1. The fourth-order valence-corrected chi connectivity index (χ4v) is 1.03. The molecule has 1 rings (SSSR count). The largest absolute Gasteiger partial charge is 0.465 e. The Kier molecular flexibility index (Phi) is 3.62. The topological polar surface area (TPSA) is 69.4 Å². The van der Waals surface area contributed by atoms with E-state index in [1.54, 1.807) is 30.3 Å². The van der Waals surface area contributed by atoms with Gasteiger partial charge in [-0.2, -0.15) is 0 Å². The molecular formula is C11H11NO3. The average Bonchev–Trinajstić information content (AvgIpc) is 2.26. The maximum absolute atomic E-state index is 11.1. The van der Waals surface area contributed by atoms with E-state index in [0.29, 0.717) is 5.56 Å². The molecule has 0 heterocycles. The normalized spacial score (nSPS) is 10.2. The Bertz CT molecular complexity index is 393. The molecule has 0 fully saturated rings. The Balaban J connectivity index is 2.81. The van der Waals surface area contributed by atoms with Gasteiger partial charge in [0.05, 0.1) is 12.7 Å². The number of carbonyl (C=O) groups excluding carboxylic acids is 2.